The number of hydrogen-bond acceptors (Lipinski definition) is 6. The molecule has 0 aromatic rings. The van der Waals surface area contributed by atoms with Crippen molar-refractivity contribution in [2.75, 3.05) is 26.8 Å². The number of hydrogen-bond donors (Lipinski definition) is 2. The zero-order chi connectivity index (χ0) is 14.9. The first kappa shape index (κ1) is 14.7. The second-order valence-corrected chi connectivity index (χ2v) is 7.26. The van der Waals surface area contributed by atoms with Crippen molar-refractivity contribution in [1.82, 2.24) is 20.1 Å². The van der Waals surface area contributed by atoms with Gasteiger partial charge in [0, 0.05) is 32.6 Å². The van der Waals surface area contributed by atoms with Gasteiger partial charge in [0.2, 0.25) is 10.0 Å². The Morgan fingerprint density at radius 1 is 1.48 bits per heavy atom. The number of nitrogens with zero attached hydrogens (tertiary/aromatic N) is 3. The summed E-state index contributed by atoms with van der Waals surface area (Å²) in [7, 11) is -1.59. The van der Waals surface area contributed by atoms with Crippen LogP contribution in [0.1, 0.15) is 12.8 Å². The van der Waals surface area contributed by atoms with Gasteiger partial charge in [-0.2, -0.15) is 4.72 Å². The molecule has 3 aliphatic rings. The molecule has 0 radical (unpaired) electrons. The Morgan fingerprint density at radius 3 is 3.00 bits per heavy atom. The van der Waals surface area contributed by atoms with Gasteiger partial charge < -0.3 is 5.32 Å². The first-order chi connectivity index (χ1) is 10.1. The molecular formula is C13H21N5O2S. The second kappa shape index (κ2) is 5.88. The van der Waals surface area contributed by atoms with Gasteiger partial charge >= 0.3 is 0 Å². The van der Waals surface area contributed by atoms with Crippen molar-refractivity contribution in [2.45, 2.75) is 19.0 Å². The Morgan fingerprint density at radius 2 is 2.24 bits per heavy atom. The standard InChI is InChI=1S/C13H21N5O2S/c1-17(18-7-2-3-8-18)10-16-21(19,20)12-9-15-13-11(12)5-4-6-14-13/h4-6,9,11,13,15-16H,2-3,7-8,10H2,1H3. The molecule has 7 nitrogen and oxygen atoms in total. The van der Waals surface area contributed by atoms with E-state index in [1.165, 1.54) is 12.8 Å². The van der Waals surface area contributed by atoms with Gasteiger partial charge in [-0.1, -0.05) is 6.08 Å². The topological polar surface area (TPSA) is 77.0 Å². The number of hydrazine groups is 1. The van der Waals surface area contributed by atoms with Gasteiger partial charge in [-0.05, 0) is 18.9 Å². The van der Waals surface area contributed by atoms with Crippen molar-refractivity contribution in [3.05, 3.63) is 23.3 Å². The molecular weight excluding hydrogens is 290 g/mol. The Hall–Kier alpha value is -1.22. The van der Waals surface area contributed by atoms with E-state index in [1.54, 1.807) is 18.5 Å². The molecule has 0 aliphatic carbocycles. The molecule has 0 spiro atoms. The SMILES string of the molecule is CN(CNS(=O)(=O)C1=CNC2N=CC=CC12)N1CCCC1. The predicted molar refractivity (Wildman–Crippen MR) is 81.6 cm³/mol. The van der Waals surface area contributed by atoms with E-state index < -0.39 is 10.0 Å². The normalized spacial score (nSPS) is 28.8. The van der Waals surface area contributed by atoms with Crippen molar-refractivity contribution < 1.29 is 8.42 Å². The highest BCUT2D eigenvalue weighted by atomic mass is 32.2. The number of sulfonamides is 1. The Balaban J connectivity index is 1.62. The molecule has 3 heterocycles. The molecule has 2 unspecified atom stereocenters. The lowest BCUT2D eigenvalue weighted by molar-refractivity contribution is 0.0230. The van der Waals surface area contributed by atoms with E-state index in [2.05, 4.69) is 20.0 Å². The average molecular weight is 311 g/mol. The lowest BCUT2D eigenvalue weighted by Crippen LogP contribution is -2.45. The van der Waals surface area contributed by atoms with E-state index in [9.17, 15) is 8.42 Å². The maximum atomic E-state index is 12.5. The predicted octanol–water partition coefficient (Wildman–Crippen LogP) is -0.167. The number of rotatable bonds is 5. The zero-order valence-electron chi connectivity index (χ0n) is 12.1. The summed E-state index contributed by atoms with van der Waals surface area (Å²) < 4.78 is 27.6. The molecule has 3 aliphatic heterocycles. The lowest BCUT2D eigenvalue weighted by Gasteiger charge is -2.28. The zero-order valence-corrected chi connectivity index (χ0v) is 12.9. The minimum Gasteiger partial charge on any atom is -0.368 e. The van der Waals surface area contributed by atoms with Crippen LogP contribution in [0, 0.1) is 5.92 Å². The minimum absolute atomic E-state index is 0.196. The second-order valence-electron chi connectivity index (χ2n) is 5.49. The fourth-order valence-corrected chi connectivity index (χ4v) is 4.14. The number of aliphatic imine (C=N–C) groups is 1. The van der Waals surface area contributed by atoms with E-state index in [0.717, 1.165) is 13.1 Å². The van der Waals surface area contributed by atoms with Crippen LogP contribution >= 0.6 is 0 Å². The van der Waals surface area contributed by atoms with Crippen LogP contribution in [0.15, 0.2) is 28.2 Å². The van der Waals surface area contributed by atoms with Gasteiger partial charge in [-0.15, -0.1) is 0 Å². The van der Waals surface area contributed by atoms with E-state index in [0.29, 0.717) is 4.91 Å². The maximum Gasteiger partial charge on any atom is 0.240 e. The van der Waals surface area contributed by atoms with Crippen LogP contribution in [-0.2, 0) is 10.0 Å². The summed E-state index contributed by atoms with van der Waals surface area (Å²) >= 11 is 0. The highest BCUT2D eigenvalue weighted by molar-refractivity contribution is 7.93. The largest absolute Gasteiger partial charge is 0.368 e. The van der Waals surface area contributed by atoms with Gasteiger partial charge in [0.05, 0.1) is 17.5 Å². The highest BCUT2D eigenvalue weighted by Crippen LogP contribution is 2.28. The van der Waals surface area contributed by atoms with Crippen LogP contribution < -0.4 is 10.0 Å². The summed E-state index contributed by atoms with van der Waals surface area (Å²) in [6, 6.07) is 0. The van der Waals surface area contributed by atoms with Crippen molar-refractivity contribution in [3.63, 3.8) is 0 Å². The van der Waals surface area contributed by atoms with Crippen LogP contribution in [0.2, 0.25) is 0 Å². The quantitative estimate of drug-likeness (QED) is 0.690. The van der Waals surface area contributed by atoms with E-state index >= 15 is 0 Å². The molecule has 0 amide bonds. The van der Waals surface area contributed by atoms with E-state index in [4.69, 9.17) is 0 Å². The van der Waals surface area contributed by atoms with Crippen LogP contribution in [0.5, 0.6) is 0 Å². The summed E-state index contributed by atoms with van der Waals surface area (Å²) in [6.45, 7) is 2.26. The third kappa shape index (κ3) is 3.03. The number of dihydropyridines is 1. The lowest BCUT2D eigenvalue weighted by atomic mass is 10.1. The summed E-state index contributed by atoms with van der Waals surface area (Å²) in [5, 5.41) is 7.10. The minimum atomic E-state index is -3.50. The van der Waals surface area contributed by atoms with Crippen molar-refractivity contribution in [3.8, 4) is 0 Å². The summed E-state index contributed by atoms with van der Waals surface area (Å²) in [5.41, 5.74) is 0. The van der Waals surface area contributed by atoms with Crippen molar-refractivity contribution in [2.24, 2.45) is 10.9 Å². The molecule has 0 aromatic carbocycles. The highest BCUT2D eigenvalue weighted by Gasteiger charge is 2.36. The summed E-state index contributed by atoms with van der Waals surface area (Å²) in [4.78, 5) is 4.58. The van der Waals surface area contributed by atoms with Crippen molar-refractivity contribution in [1.29, 1.82) is 0 Å². The van der Waals surface area contributed by atoms with Gasteiger partial charge in [0.25, 0.3) is 0 Å². The fourth-order valence-electron chi connectivity index (χ4n) is 2.83. The monoisotopic (exact) mass is 311 g/mol. The molecule has 1 fully saturated rings. The van der Waals surface area contributed by atoms with Crippen LogP contribution in [-0.4, -0.2) is 57.6 Å². The number of nitrogens with one attached hydrogen (secondary N) is 2. The van der Waals surface area contributed by atoms with Gasteiger partial charge in [-0.3, -0.25) is 4.99 Å². The van der Waals surface area contributed by atoms with Crippen LogP contribution in [0.4, 0.5) is 0 Å². The maximum absolute atomic E-state index is 12.5. The molecule has 1 saturated heterocycles. The first-order valence-electron chi connectivity index (χ1n) is 7.20. The molecule has 2 N–H and O–H groups in total. The van der Waals surface area contributed by atoms with Crippen molar-refractivity contribution >= 4 is 16.2 Å². The fraction of sp³-hybridized carbons (Fsp3) is 0.615. The molecule has 3 rings (SSSR count). The molecule has 0 saturated carbocycles. The molecule has 116 valence electrons. The van der Waals surface area contributed by atoms with E-state index in [1.807, 2.05) is 18.1 Å². The van der Waals surface area contributed by atoms with Crippen LogP contribution in [0.25, 0.3) is 0 Å². The summed E-state index contributed by atoms with van der Waals surface area (Å²) in [6.07, 6.45) is 9.03. The van der Waals surface area contributed by atoms with Gasteiger partial charge in [0.1, 0.15) is 6.17 Å². The van der Waals surface area contributed by atoms with Gasteiger partial charge in [-0.25, -0.2) is 18.4 Å². The summed E-state index contributed by atoms with van der Waals surface area (Å²) in [5.74, 6) is -0.218. The van der Waals surface area contributed by atoms with E-state index in [-0.39, 0.29) is 18.8 Å². The Bertz CT molecular complexity index is 577. The molecule has 0 aromatic heterocycles. The first-order valence-corrected chi connectivity index (χ1v) is 8.68. The molecule has 21 heavy (non-hydrogen) atoms. The van der Waals surface area contributed by atoms with Crippen LogP contribution in [0.3, 0.4) is 0 Å². The smallest absolute Gasteiger partial charge is 0.240 e. The number of fused-ring (bicyclic) bond motifs is 1. The molecule has 8 heteroatoms. The number of allylic oxidation sites excluding steroid dienone is 1. The molecule has 0 bridgehead atoms. The third-order valence-electron chi connectivity index (χ3n) is 4.08. The molecule has 2 atom stereocenters. The Kier molecular flexibility index (Phi) is 4.12. The Labute approximate surface area is 125 Å². The average Bonchev–Trinajstić information content (AvgIpc) is 3.14. The third-order valence-corrected chi connectivity index (χ3v) is 5.59. The van der Waals surface area contributed by atoms with Gasteiger partial charge in [0.15, 0.2) is 0 Å².